The maximum atomic E-state index is 13.0. The van der Waals surface area contributed by atoms with Gasteiger partial charge in [0.25, 0.3) is 0 Å². The molecular formula is C21H26FN3O. The number of benzene rings is 1. The summed E-state index contributed by atoms with van der Waals surface area (Å²) in [7, 11) is 2.11. The predicted octanol–water partition coefficient (Wildman–Crippen LogP) is 3.10. The lowest BCUT2D eigenvalue weighted by molar-refractivity contribution is -0.125. The van der Waals surface area contributed by atoms with Crippen molar-refractivity contribution in [3.63, 3.8) is 0 Å². The van der Waals surface area contributed by atoms with E-state index in [9.17, 15) is 9.18 Å². The van der Waals surface area contributed by atoms with Crippen LogP contribution in [-0.4, -0.2) is 53.8 Å². The number of piperazine rings is 1. The first-order valence-electron chi connectivity index (χ1n) is 9.23. The highest BCUT2D eigenvalue weighted by Crippen LogP contribution is 2.24. The highest BCUT2D eigenvalue weighted by atomic mass is 19.1. The molecule has 5 heteroatoms. The summed E-state index contributed by atoms with van der Waals surface area (Å²) < 4.78 is 13.0. The summed E-state index contributed by atoms with van der Waals surface area (Å²) in [5.74, 6) is 0.0150. The standard InChI is InChI=1S/C21H26FN3O/c1-24-12-14-25(15-13-24)21(18-5-3-11-23-16-18)20(26)6-2-4-17-7-9-19(22)10-8-17/h3,5,7-11,16,21H,2,4,6,12-15H2,1H3. The molecule has 1 fully saturated rings. The van der Waals surface area contributed by atoms with E-state index in [1.807, 2.05) is 12.1 Å². The minimum absolute atomic E-state index is 0.217. The number of carbonyl (C=O) groups excluding carboxylic acids is 1. The van der Waals surface area contributed by atoms with Crippen LogP contribution in [0.5, 0.6) is 0 Å². The predicted molar refractivity (Wildman–Crippen MR) is 100 cm³/mol. The van der Waals surface area contributed by atoms with E-state index in [1.165, 1.54) is 12.1 Å². The average molecular weight is 355 g/mol. The largest absolute Gasteiger partial charge is 0.304 e. The van der Waals surface area contributed by atoms with Crippen LogP contribution in [0.3, 0.4) is 0 Å². The third kappa shape index (κ3) is 4.96. The summed E-state index contributed by atoms with van der Waals surface area (Å²) in [4.78, 5) is 21.8. The number of pyridine rings is 1. The molecular weight excluding hydrogens is 329 g/mol. The molecule has 0 spiro atoms. The number of hydrogen-bond donors (Lipinski definition) is 0. The second kappa shape index (κ2) is 9.01. The average Bonchev–Trinajstić information content (AvgIpc) is 2.66. The molecule has 1 aliphatic rings. The van der Waals surface area contributed by atoms with Crippen molar-refractivity contribution in [1.82, 2.24) is 14.8 Å². The Kier molecular flexibility index (Phi) is 6.47. The summed E-state index contributed by atoms with van der Waals surface area (Å²) in [6.45, 7) is 3.72. The van der Waals surface area contributed by atoms with Crippen LogP contribution < -0.4 is 0 Å². The van der Waals surface area contributed by atoms with Gasteiger partial charge in [-0.15, -0.1) is 0 Å². The highest BCUT2D eigenvalue weighted by molar-refractivity contribution is 5.85. The molecule has 1 aromatic carbocycles. The van der Waals surface area contributed by atoms with E-state index in [2.05, 4.69) is 21.8 Å². The molecule has 1 atom stereocenters. The van der Waals surface area contributed by atoms with Crippen LogP contribution in [0.4, 0.5) is 4.39 Å². The number of aryl methyl sites for hydroxylation is 1. The van der Waals surface area contributed by atoms with Crippen LogP contribution >= 0.6 is 0 Å². The lowest BCUT2D eigenvalue weighted by atomic mass is 9.97. The van der Waals surface area contributed by atoms with Gasteiger partial charge in [-0.2, -0.15) is 0 Å². The van der Waals surface area contributed by atoms with Gasteiger partial charge in [0.1, 0.15) is 5.82 Å². The van der Waals surface area contributed by atoms with Gasteiger partial charge in [0.05, 0.1) is 6.04 Å². The Balaban J connectivity index is 1.63. The molecule has 1 aliphatic heterocycles. The Labute approximate surface area is 154 Å². The molecule has 0 N–H and O–H groups in total. The minimum Gasteiger partial charge on any atom is -0.304 e. The molecule has 1 aromatic heterocycles. The molecule has 26 heavy (non-hydrogen) atoms. The van der Waals surface area contributed by atoms with E-state index in [1.54, 1.807) is 24.5 Å². The molecule has 4 nitrogen and oxygen atoms in total. The number of likely N-dealkylation sites (N-methyl/N-ethyl adjacent to an activating group) is 1. The van der Waals surface area contributed by atoms with E-state index in [0.29, 0.717) is 6.42 Å². The Bertz CT molecular complexity index is 697. The fraction of sp³-hybridized carbons (Fsp3) is 0.429. The zero-order valence-electron chi connectivity index (χ0n) is 15.3. The molecule has 138 valence electrons. The summed E-state index contributed by atoms with van der Waals surface area (Å²) in [6.07, 6.45) is 5.62. The summed E-state index contributed by atoms with van der Waals surface area (Å²) >= 11 is 0. The van der Waals surface area contributed by atoms with E-state index >= 15 is 0 Å². The number of ketones is 1. The van der Waals surface area contributed by atoms with Crippen LogP contribution in [-0.2, 0) is 11.2 Å². The number of hydrogen-bond acceptors (Lipinski definition) is 4. The van der Waals surface area contributed by atoms with Crippen molar-refractivity contribution in [3.8, 4) is 0 Å². The lowest BCUT2D eigenvalue weighted by Crippen LogP contribution is -2.47. The van der Waals surface area contributed by atoms with Gasteiger partial charge in [-0.1, -0.05) is 18.2 Å². The second-order valence-electron chi connectivity index (χ2n) is 6.97. The van der Waals surface area contributed by atoms with E-state index in [4.69, 9.17) is 0 Å². The van der Waals surface area contributed by atoms with Gasteiger partial charge in [0.2, 0.25) is 0 Å². The molecule has 2 heterocycles. The van der Waals surface area contributed by atoms with Crippen molar-refractivity contribution < 1.29 is 9.18 Å². The van der Waals surface area contributed by atoms with Gasteiger partial charge in [-0.3, -0.25) is 14.7 Å². The molecule has 0 amide bonds. The van der Waals surface area contributed by atoms with Crippen LogP contribution in [0.25, 0.3) is 0 Å². The Morgan fingerprint density at radius 2 is 1.88 bits per heavy atom. The first kappa shape index (κ1) is 18.7. The second-order valence-corrected chi connectivity index (χ2v) is 6.97. The zero-order chi connectivity index (χ0) is 18.4. The minimum atomic E-state index is -0.225. The SMILES string of the molecule is CN1CCN(C(C(=O)CCCc2ccc(F)cc2)c2cccnc2)CC1. The number of carbonyl (C=O) groups is 1. The van der Waals surface area contributed by atoms with Crippen LogP contribution in [0.1, 0.15) is 30.0 Å². The smallest absolute Gasteiger partial charge is 0.154 e. The van der Waals surface area contributed by atoms with E-state index in [-0.39, 0.29) is 17.6 Å². The van der Waals surface area contributed by atoms with Crippen molar-refractivity contribution >= 4 is 5.78 Å². The maximum absolute atomic E-state index is 13.0. The van der Waals surface area contributed by atoms with E-state index in [0.717, 1.165) is 50.1 Å². The molecule has 1 saturated heterocycles. The van der Waals surface area contributed by atoms with Crippen molar-refractivity contribution in [2.45, 2.75) is 25.3 Å². The van der Waals surface area contributed by atoms with Crippen molar-refractivity contribution in [2.75, 3.05) is 33.2 Å². The molecule has 0 radical (unpaired) electrons. The van der Waals surface area contributed by atoms with Gasteiger partial charge in [0.15, 0.2) is 5.78 Å². The normalized spacial score (nSPS) is 17.2. The van der Waals surface area contributed by atoms with Gasteiger partial charge in [-0.25, -0.2) is 4.39 Å². The zero-order valence-corrected chi connectivity index (χ0v) is 15.3. The van der Waals surface area contributed by atoms with Gasteiger partial charge >= 0.3 is 0 Å². The fourth-order valence-electron chi connectivity index (χ4n) is 3.47. The van der Waals surface area contributed by atoms with Gasteiger partial charge in [0, 0.05) is 45.0 Å². The number of aromatic nitrogens is 1. The topological polar surface area (TPSA) is 36.4 Å². The summed E-state index contributed by atoms with van der Waals surface area (Å²) in [5, 5.41) is 0. The third-order valence-electron chi connectivity index (χ3n) is 5.01. The Hall–Kier alpha value is -2.11. The molecule has 2 aromatic rings. The molecule has 3 rings (SSSR count). The van der Waals surface area contributed by atoms with Crippen LogP contribution in [0.15, 0.2) is 48.8 Å². The summed E-state index contributed by atoms with van der Waals surface area (Å²) in [5.41, 5.74) is 2.04. The van der Waals surface area contributed by atoms with E-state index < -0.39 is 0 Å². The third-order valence-corrected chi connectivity index (χ3v) is 5.01. The van der Waals surface area contributed by atoms with Gasteiger partial charge < -0.3 is 4.90 Å². The number of Topliss-reactive ketones (excluding diaryl/α,β-unsaturated/α-hetero) is 1. The fourth-order valence-corrected chi connectivity index (χ4v) is 3.47. The molecule has 0 saturated carbocycles. The summed E-state index contributed by atoms with van der Waals surface area (Å²) in [6, 6.07) is 10.2. The van der Waals surface area contributed by atoms with Crippen molar-refractivity contribution in [2.24, 2.45) is 0 Å². The maximum Gasteiger partial charge on any atom is 0.154 e. The monoisotopic (exact) mass is 355 g/mol. The van der Waals surface area contributed by atoms with Crippen LogP contribution in [0.2, 0.25) is 0 Å². The first-order valence-corrected chi connectivity index (χ1v) is 9.23. The first-order chi connectivity index (χ1) is 12.6. The lowest BCUT2D eigenvalue weighted by Gasteiger charge is -2.37. The number of rotatable bonds is 7. The Morgan fingerprint density at radius 1 is 1.15 bits per heavy atom. The highest BCUT2D eigenvalue weighted by Gasteiger charge is 2.29. The Morgan fingerprint density at radius 3 is 2.54 bits per heavy atom. The van der Waals surface area contributed by atoms with Crippen molar-refractivity contribution in [1.29, 1.82) is 0 Å². The number of nitrogens with zero attached hydrogens (tertiary/aromatic N) is 3. The van der Waals surface area contributed by atoms with Gasteiger partial charge in [-0.05, 0) is 49.2 Å². The van der Waals surface area contributed by atoms with Crippen LogP contribution in [0, 0.1) is 5.82 Å². The molecule has 0 bridgehead atoms. The molecule has 1 unspecified atom stereocenters. The molecule has 0 aliphatic carbocycles. The number of halogens is 1. The van der Waals surface area contributed by atoms with Crippen molar-refractivity contribution in [3.05, 3.63) is 65.7 Å². The quantitative estimate of drug-likeness (QED) is 0.765.